The average Bonchev–Trinajstić information content (AvgIpc) is 2.89. The standard InChI is InChI=1S/C16H28O4/c1-12(2)14-4-7-16(8-5-14,20-13(3)17)9-6-15-18-10-11-19-15/h12,14-15H,4-11H2,1-3H3. The molecule has 1 aliphatic heterocycles. The molecule has 2 fully saturated rings. The SMILES string of the molecule is CC(=O)OC1(CCC2OCCO2)CCC(C(C)C)CC1. The van der Waals surface area contributed by atoms with Crippen molar-refractivity contribution in [2.75, 3.05) is 13.2 Å². The third kappa shape index (κ3) is 4.19. The van der Waals surface area contributed by atoms with E-state index in [1.807, 2.05) is 0 Å². The molecule has 0 aromatic rings. The lowest BCUT2D eigenvalue weighted by atomic mass is 9.73. The molecule has 0 spiro atoms. The number of esters is 1. The summed E-state index contributed by atoms with van der Waals surface area (Å²) >= 11 is 0. The quantitative estimate of drug-likeness (QED) is 0.727. The highest BCUT2D eigenvalue weighted by Crippen LogP contribution is 2.41. The van der Waals surface area contributed by atoms with Crippen LogP contribution in [0.15, 0.2) is 0 Å². The van der Waals surface area contributed by atoms with Crippen LogP contribution in [-0.2, 0) is 19.0 Å². The predicted molar refractivity (Wildman–Crippen MR) is 76.2 cm³/mol. The minimum Gasteiger partial charge on any atom is -0.459 e. The largest absolute Gasteiger partial charge is 0.459 e. The Hall–Kier alpha value is -0.610. The number of rotatable bonds is 5. The zero-order valence-electron chi connectivity index (χ0n) is 13.0. The Labute approximate surface area is 122 Å². The van der Waals surface area contributed by atoms with Crippen molar-refractivity contribution in [2.24, 2.45) is 11.8 Å². The molecule has 116 valence electrons. The van der Waals surface area contributed by atoms with Crippen LogP contribution in [0.4, 0.5) is 0 Å². The van der Waals surface area contributed by atoms with Crippen molar-refractivity contribution in [3.63, 3.8) is 0 Å². The second kappa shape index (κ2) is 6.90. The molecule has 1 saturated heterocycles. The first kappa shape index (κ1) is 15.8. The molecule has 1 heterocycles. The van der Waals surface area contributed by atoms with E-state index >= 15 is 0 Å². The minimum atomic E-state index is -0.285. The number of hydrogen-bond acceptors (Lipinski definition) is 4. The maximum absolute atomic E-state index is 11.4. The fourth-order valence-corrected chi connectivity index (χ4v) is 3.50. The van der Waals surface area contributed by atoms with Gasteiger partial charge in [-0.15, -0.1) is 0 Å². The fourth-order valence-electron chi connectivity index (χ4n) is 3.50. The number of hydrogen-bond donors (Lipinski definition) is 0. The first-order valence-electron chi connectivity index (χ1n) is 7.93. The third-order valence-corrected chi connectivity index (χ3v) is 4.77. The van der Waals surface area contributed by atoms with Crippen molar-refractivity contribution in [3.05, 3.63) is 0 Å². The molecular formula is C16H28O4. The zero-order valence-corrected chi connectivity index (χ0v) is 13.0. The van der Waals surface area contributed by atoms with Crippen molar-refractivity contribution < 1.29 is 19.0 Å². The molecule has 0 aromatic carbocycles. The van der Waals surface area contributed by atoms with E-state index in [1.54, 1.807) is 0 Å². The monoisotopic (exact) mass is 284 g/mol. The molecule has 1 saturated carbocycles. The van der Waals surface area contributed by atoms with Gasteiger partial charge in [0.05, 0.1) is 13.2 Å². The lowest BCUT2D eigenvalue weighted by Crippen LogP contribution is -2.40. The Bertz CT molecular complexity index is 312. The van der Waals surface area contributed by atoms with Crippen LogP contribution >= 0.6 is 0 Å². The van der Waals surface area contributed by atoms with Crippen molar-refractivity contribution in [2.45, 2.75) is 71.2 Å². The summed E-state index contributed by atoms with van der Waals surface area (Å²) in [5.74, 6) is 1.31. The highest BCUT2D eigenvalue weighted by atomic mass is 16.7. The summed E-state index contributed by atoms with van der Waals surface area (Å²) < 4.78 is 16.7. The number of carbonyl (C=O) groups excluding carboxylic acids is 1. The summed E-state index contributed by atoms with van der Waals surface area (Å²) in [5, 5.41) is 0. The van der Waals surface area contributed by atoms with Crippen LogP contribution in [0.5, 0.6) is 0 Å². The van der Waals surface area contributed by atoms with Gasteiger partial charge in [-0.05, 0) is 43.9 Å². The van der Waals surface area contributed by atoms with Gasteiger partial charge in [0.25, 0.3) is 0 Å². The minimum absolute atomic E-state index is 0.106. The summed E-state index contributed by atoms with van der Waals surface area (Å²) in [6, 6.07) is 0. The molecule has 0 aromatic heterocycles. The molecule has 0 atom stereocenters. The lowest BCUT2D eigenvalue weighted by molar-refractivity contribution is -0.165. The molecule has 20 heavy (non-hydrogen) atoms. The van der Waals surface area contributed by atoms with Crippen molar-refractivity contribution in [1.82, 2.24) is 0 Å². The van der Waals surface area contributed by atoms with E-state index < -0.39 is 0 Å². The molecule has 2 aliphatic rings. The van der Waals surface area contributed by atoms with Crippen LogP contribution in [0.3, 0.4) is 0 Å². The van der Waals surface area contributed by atoms with Crippen LogP contribution in [0.2, 0.25) is 0 Å². The van der Waals surface area contributed by atoms with Gasteiger partial charge in [0.2, 0.25) is 0 Å². The van der Waals surface area contributed by atoms with Gasteiger partial charge in [0.1, 0.15) is 5.60 Å². The van der Waals surface area contributed by atoms with Gasteiger partial charge in [0, 0.05) is 13.3 Å². The molecule has 0 amide bonds. The van der Waals surface area contributed by atoms with Crippen LogP contribution in [0, 0.1) is 11.8 Å². The van der Waals surface area contributed by atoms with E-state index in [9.17, 15) is 4.79 Å². The van der Waals surface area contributed by atoms with E-state index in [0.717, 1.165) is 44.4 Å². The average molecular weight is 284 g/mol. The van der Waals surface area contributed by atoms with E-state index in [0.29, 0.717) is 19.1 Å². The molecule has 0 N–H and O–H groups in total. The maximum atomic E-state index is 11.4. The Balaban J connectivity index is 1.90. The van der Waals surface area contributed by atoms with E-state index in [4.69, 9.17) is 14.2 Å². The van der Waals surface area contributed by atoms with Crippen molar-refractivity contribution in [1.29, 1.82) is 0 Å². The first-order chi connectivity index (χ1) is 9.51. The maximum Gasteiger partial charge on any atom is 0.303 e. The molecule has 0 bridgehead atoms. The Morgan fingerprint density at radius 1 is 1.25 bits per heavy atom. The molecule has 4 heteroatoms. The van der Waals surface area contributed by atoms with Crippen molar-refractivity contribution >= 4 is 5.97 Å². The fraction of sp³-hybridized carbons (Fsp3) is 0.938. The van der Waals surface area contributed by atoms with Crippen LogP contribution in [0.1, 0.15) is 59.3 Å². The second-order valence-corrected chi connectivity index (χ2v) is 6.57. The van der Waals surface area contributed by atoms with Gasteiger partial charge in [-0.1, -0.05) is 13.8 Å². The molecule has 4 nitrogen and oxygen atoms in total. The summed E-state index contributed by atoms with van der Waals surface area (Å²) in [5.41, 5.74) is -0.285. The first-order valence-corrected chi connectivity index (χ1v) is 7.93. The zero-order chi connectivity index (χ0) is 14.6. The third-order valence-electron chi connectivity index (χ3n) is 4.77. The van der Waals surface area contributed by atoms with Gasteiger partial charge < -0.3 is 14.2 Å². The van der Waals surface area contributed by atoms with Gasteiger partial charge >= 0.3 is 5.97 Å². The highest BCUT2D eigenvalue weighted by Gasteiger charge is 2.39. The van der Waals surface area contributed by atoms with Gasteiger partial charge in [-0.2, -0.15) is 0 Å². The second-order valence-electron chi connectivity index (χ2n) is 6.57. The summed E-state index contributed by atoms with van der Waals surface area (Å²) in [6.45, 7) is 7.44. The van der Waals surface area contributed by atoms with Gasteiger partial charge in [-0.3, -0.25) is 4.79 Å². The molecular weight excluding hydrogens is 256 g/mol. The summed E-state index contributed by atoms with van der Waals surface area (Å²) in [7, 11) is 0. The van der Waals surface area contributed by atoms with Crippen LogP contribution in [-0.4, -0.2) is 31.1 Å². The summed E-state index contributed by atoms with van der Waals surface area (Å²) in [6.07, 6.45) is 5.81. The Kier molecular flexibility index (Phi) is 5.44. The normalized spacial score (nSPS) is 31.7. The van der Waals surface area contributed by atoms with Crippen molar-refractivity contribution in [3.8, 4) is 0 Å². The van der Waals surface area contributed by atoms with E-state index in [2.05, 4.69) is 13.8 Å². The Morgan fingerprint density at radius 2 is 1.85 bits per heavy atom. The van der Waals surface area contributed by atoms with Crippen LogP contribution < -0.4 is 0 Å². The van der Waals surface area contributed by atoms with Gasteiger partial charge in [-0.25, -0.2) is 0 Å². The highest BCUT2D eigenvalue weighted by molar-refractivity contribution is 5.66. The van der Waals surface area contributed by atoms with Gasteiger partial charge in [0.15, 0.2) is 6.29 Å². The molecule has 0 radical (unpaired) electrons. The molecule has 0 unspecified atom stereocenters. The lowest BCUT2D eigenvalue weighted by Gasteiger charge is -2.41. The number of ether oxygens (including phenoxy) is 3. The Morgan fingerprint density at radius 3 is 2.35 bits per heavy atom. The smallest absolute Gasteiger partial charge is 0.303 e. The molecule has 2 rings (SSSR count). The summed E-state index contributed by atoms with van der Waals surface area (Å²) in [4.78, 5) is 11.4. The topological polar surface area (TPSA) is 44.8 Å². The predicted octanol–water partition coefficient (Wildman–Crippen LogP) is 3.29. The van der Waals surface area contributed by atoms with E-state index in [-0.39, 0.29) is 17.9 Å². The van der Waals surface area contributed by atoms with Crippen LogP contribution in [0.25, 0.3) is 0 Å². The van der Waals surface area contributed by atoms with E-state index in [1.165, 1.54) is 6.92 Å². The number of carbonyl (C=O) groups is 1. The molecule has 1 aliphatic carbocycles.